The maximum absolute atomic E-state index is 13.4. The van der Waals surface area contributed by atoms with Crippen LogP contribution in [0.4, 0.5) is 21.7 Å². The molecule has 4 rings (SSSR count). The summed E-state index contributed by atoms with van der Waals surface area (Å²) in [6.07, 6.45) is 7.82. The zero-order valence-corrected chi connectivity index (χ0v) is 17.2. The first kappa shape index (κ1) is 19.8. The van der Waals surface area contributed by atoms with Gasteiger partial charge in [-0.25, -0.2) is 19.3 Å². The summed E-state index contributed by atoms with van der Waals surface area (Å²) >= 11 is 5.89. The Morgan fingerprint density at radius 3 is 2.59 bits per heavy atom. The summed E-state index contributed by atoms with van der Waals surface area (Å²) in [5.41, 5.74) is 1.39. The Labute approximate surface area is 174 Å². The van der Waals surface area contributed by atoms with E-state index in [1.807, 2.05) is 6.07 Å². The van der Waals surface area contributed by atoms with E-state index in [2.05, 4.69) is 44.6 Å². The van der Waals surface area contributed by atoms with E-state index in [0.29, 0.717) is 23.6 Å². The number of aromatic nitrogens is 3. The van der Waals surface area contributed by atoms with Crippen LogP contribution < -0.4 is 10.6 Å². The average molecular weight is 415 g/mol. The van der Waals surface area contributed by atoms with Gasteiger partial charge in [-0.15, -0.1) is 0 Å². The van der Waals surface area contributed by atoms with Crippen molar-refractivity contribution in [1.82, 2.24) is 19.9 Å². The number of nitrogens with zero attached hydrogens (tertiary/aromatic N) is 4. The molecule has 0 saturated heterocycles. The van der Waals surface area contributed by atoms with E-state index < -0.39 is 5.82 Å². The van der Waals surface area contributed by atoms with E-state index >= 15 is 0 Å². The van der Waals surface area contributed by atoms with Gasteiger partial charge in [-0.3, -0.25) is 0 Å². The molecule has 2 heterocycles. The number of hydrogen-bond acceptors (Lipinski definition) is 6. The number of fused-ring (bicyclic) bond motifs is 1. The van der Waals surface area contributed by atoms with Crippen LogP contribution >= 0.6 is 11.6 Å². The molecule has 8 heteroatoms. The third-order valence-corrected chi connectivity index (χ3v) is 5.77. The Kier molecular flexibility index (Phi) is 5.78. The summed E-state index contributed by atoms with van der Waals surface area (Å²) in [6, 6.07) is 7.51. The molecule has 1 aliphatic rings. The second-order valence-electron chi connectivity index (χ2n) is 7.68. The first-order valence-electron chi connectivity index (χ1n) is 9.75. The maximum Gasteiger partial charge on any atom is 0.141 e. The lowest BCUT2D eigenvalue weighted by atomic mass is 9.90. The number of benzene rings is 1. The van der Waals surface area contributed by atoms with Crippen molar-refractivity contribution < 1.29 is 4.39 Å². The molecule has 0 amide bonds. The van der Waals surface area contributed by atoms with E-state index in [1.54, 1.807) is 12.3 Å². The van der Waals surface area contributed by atoms with Crippen LogP contribution in [-0.4, -0.2) is 46.0 Å². The molecule has 0 radical (unpaired) electrons. The van der Waals surface area contributed by atoms with E-state index in [1.165, 1.54) is 31.3 Å². The standard InChI is InChI=1S/C21H24ClFN6/c1-29(2)15-6-3-13(4-7-15)27-20-10-16-19(11-24-20)25-12-26-21(16)28-14-5-8-18(23)17(22)9-14/h5,8-13,15H,3-4,6-7H2,1-2H3,(H,24,27)(H,25,26,28). The molecule has 0 spiro atoms. The molecule has 1 saturated carbocycles. The summed E-state index contributed by atoms with van der Waals surface area (Å²) in [7, 11) is 4.29. The lowest BCUT2D eigenvalue weighted by molar-refractivity contribution is 0.221. The Balaban J connectivity index is 1.53. The smallest absolute Gasteiger partial charge is 0.141 e. The van der Waals surface area contributed by atoms with Gasteiger partial charge in [0.1, 0.15) is 23.8 Å². The van der Waals surface area contributed by atoms with Crippen LogP contribution in [0.25, 0.3) is 10.9 Å². The SMILES string of the molecule is CN(C)C1CCC(Nc2cc3c(Nc4ccc(F)c(Cl)c4)ncnc3cn2)CC1. The second kappa shape index (κ2) is 8.47. The van der Waals surface area contributed by atoms with E-state index in [-0.39, 0.29) is 5.02 Å². The molecule has 152 valence electrons. The fraction of sp³-hybridized carbons (Fsp3) is 0.381. The summed E-state index contributed by atoms with van der Waals surface area (Å²) in [6.45, 7) is 0. The second-order valence-corrected chi connectivity index (χ2v) is 8.08. The van der Waals surface area contributed by atoms with Gasteiger partial charge in [-0.05, 0) is 64.0 Å². The van der Waals surface area contributed by atoms with Gasteiger partial charge >= 0.3 is 0 Å². The topological polar surface area (TPSA) is 66.0 Å². The molecule has 3 aromatic rings. The van der Waals surface area contributed by atoms with Crippen molar-refractivity contribution in [3.8, 4) is 0 Å². The summed E-state index contributed by atoms with van der Waals surface area (Å²) in [4.78, 5) is 15.5. The van der Waals surface area contributed by atoms with Gasteiger partial charge in [0, 0.05) is 23.2 Å². The highest BCUT2D eigenvalue weighted by molar-refractivity contribution is 6.31. The molecule has 1 aliphatic carbocycles. The molecular weight excluding hydrogens is 391 g/mol. The number of rotatable bonds is 5. The van der Waals surface area contributed by atoms with Crippen molar-refractivity contribution >= 4 is 39.8 Å². The lowest BCUT2D eigenvalue weighted by Gasteiger charge is -2.33. The summed E-state index contributed by atoms with van der Waals surface area (Å²) < 4.78 is 13.4. The Morgan fingerprint density at radius 1 is 1.07 bits per heavy atom. The monoisotopic (exact) mass is 414 g/mol. The van der Waals surface area contributed by atoms with Crippen LogP contribution in [0.1, 0.15) is 25.7 Å². The van der Waals surface area contributed by atoms with E-state index in [9.17, 15) is 4.39 Å². The molecule has 29 heavy (non-hydrogen) atoms. The van der Waals surface area contributed by atoms with Crippen LogP contribution in [0.15, 0.2) is 36.8 Å². The quantitative estimate of drug-likeness (QED) is 0.622. The largest absolute Gasteiger partial charge is 0.367 e. The number of anilines is 3. The van der Waals surface area contributed by atoms with Gasteiger partial charge < -0.3 is 15.5 Å². The molecule has 0 atom stereocenters. The summed E-state index contributed by atoms with van der Waals surface area (Å²) in [5.74, 6) is 0.977. The zero-order valence-electron chi connectivity index (χ0n) is 16.5. The van der Waals surface area contributed by atoms with Crippen molar-refractivity contribution in [3.63, 3.8) is 0 Å². The van der Waals surface area contributed by atoms with E-state index in [4.69, 9.17) is 11.6 Å². The lowest BCUT2D eigenvalue weighted by Crippen LogP contribution is -2.36. The van der Waals surface area contributed by atoms with Crippen LogP contribution in [0, 0.1) is 5.82 Å². The number of nitrogens with one attached hydrogen (secondary N) is 2. The molecular formula is C21H24ClFN6. The van der Waals surface area contributed by atoms with Crippen molar-refractivity contribution in [2.24, 2.45) is 0 Å². The van der Waals surface area contributed by atoms with Gasteiger partial charge in [0.2, 0.25) is 0 Å². The molecule has 2 N–H and O–H groups in total. The molecule has 2 aromatic heterocycles. The predicted octanol–water partition coefficient (Wildman–Crippen LogP) is 4.85. The predicted molar refractivity (Wildman–Crippen MR) is 115 cm³/mol. The molecule has 0 bridgehead atoms. The maximum atomic E-state index is 13.4. The minimum absolute atomic E-state index is 0.0608. The highest BCUT2D eigenvalue weighted by atomic mass is 35.5. The third kappa shape index (κ3) is 4.57. The molecule has 1 fully saturated rings. The average Bonchev–Trinajstić information content (AvgIpc) is 2.71. The van der Waals surface area contributed by atoms with Gasteiger partial charge in [0.05, 0.1) is 16.7 Å². The van der Waals surface area contributed by atoms with Crippen LogP contribution in [0.5, 0.6) is 0 Å². The molecule has 1 aromatic carbocycles. The normalized spacial score (nSPS) is 19.5. The number of hydrogen-bond donors (Lipinski definition) is 2. The molecule has 6 nitrogen and oxygen atoms in total. The Hall–Kier alpha value is -2.51. The van der Waals surface area contributed by atoms with E-state index in [0.717, 1.165) is 29.6 Å². The fourth-order valence-corrected chi connectivity index (χ4v) is 3.97. The van der Waals surface area contributed by atoms with Crippen LogP contribution in [0.3, 0.4) is 0 Å². The van der Waals surface area contributed by atoms with Crippen LogP contribution in [0.2, 0.25) is 5.02 Å². The zero-order chi connectivity index (χ0) is 20.4. The van der Waals surface area contributed by atoms with Gasteiger partial charge in [0.15, 0.2) is 0 Å². The highest BCUT2D eigenvalue weighted by Gasteiger charge is 2.22. The number of halogens is 2. The molecule has 0 aliphatic heterocycles. The number of pyridine rings is 1. The first-order valence-corrected chi connectivity index (χ1v) is 10.1. The minimum Gasteiger partial charge on any atom is -0.367 e. The Bertz CT molecular complexity index is 1000. The third-order valence-electron chi connectivity index (χ3n) is 5.48. The fourth-order valence-electron chi connectivity index (χ4n) is 3.79. The molecule has 0 unspecified atom stereocenters. The van der Waals surface area contributed by atoms with Gasteiger partial charge in [0.25, 0.3) is 0 Å². The highest BCUT2D eigenvalue weighted by Crippen LogP contribution is 2.28. The Morgan fingerprint density at radius 2 is 1.86 bits per heavy atom. The van der Waals surface area contributed by atoms with Crippen molar-refractivity contribution in [3.05, 3.63) is 47.6 Å². The van der Waals surface area contributed by atoms with Gasteiger partial charge in [-0.2, -0.15) is 0 Å². The first-order chi connectivity index (χ1) is 14.0. The van der Waals surface area contributed by atoms with Crippen molar-refractivity contribution in [1.29, 1.82) is 0 Å². The minimum atomic E-state index is -0.454. The summed E-state index contributed by atoms with van der Waals surface area (Å²) in [5, 5.41) is 7.66. The van der Waals surface area contributed by atoms with Crippen LogP contribution in [-0.2, 0) is 0 Å². The van der Waals surface area contributed by atoms with Crippen molar-refractivity contribution in [2.75, 3.05) is 24.7 Å². The van der Waals surface area contributed by atoms with Gasteiger partial charge in [-0.1, -0.05) is 11.6 Å². The van der Waals surface area contributed by atoms with Crippen molar-refractivity contribution in [2.45, 2.75) is 37.8 Å².